The number of H-pyrrole nitrogens is 1. The topological polar surface area (TPSA) is 151 Å². The quantitative estimate of drug-likeness (QED) is 0.356. The molecule has 1 fully saturated rings. The Morgan fingerprint density at radius 3 is 2.63 bits per heavy atom. The summed E-state index contributed by atoms with van der Waals surface area (Å²) in [5.74, 6) is -3.54. The van der Waals surface area contributed by atoms with Crippen LogP contribution >= 0.6 is 0 Å². The van der Waals surface area contributed by atoms with Gasteiger partial charge in [-0.3, -0.25) is 20.1 Å². The smallest absolute Gasteiger partial charge is 0.330 e. The first-order valence-corrected chi connectivity index (χ1v) is 5.22. The van der Waals surface area contributed by atoms with Crippen molar-refractivity contribution in [3.8, 4) is 0 Å². The van der Waals surface area contributed by atoms with Crippen LogP contribution in [0.2, 0.25) is 0 Å². The second-order valence-electron chi connectivity index (χ2n) is 4.18. The van der Waals surface area contributed by atoms with Crippen LogP contribution in [-0.2, 0) is 4.74 Å². The lowest BCUT2D eigenvalue weighted by atomic mass is 10.0. The van der Waals surface area contributed by atoms with Crippen molar-refractivity contribution in [1.29, 1.82) is 0 Å². The zero-order valence-electron chi connectivity index (χ0n) is 9.49. The lowest BCUT2D eigenvalue weighted by molar-refractivity contribution is -0.235. The molecular weight excluding hydrogens is 265 g/mol. The molecule has 0 unspecified atom stereocenters. The molecule has 1 saturated heterocycles. The number of alkyl halides is 1. The molecule has 19 heavy (non-hydrogen) atoms. The number of nitrogens with zero attached hydrogens (tertiary/aromatic N) is 1. The van der Waals surface area contributed by atoms with E-state index in [1.165, 1.54) is 0 Å². The zero-order valence-corrected chi connectivity index (χ0v) is 9.49. The summed E-state index contributed by atoms with van der Waals surface area (Å²) in [7, 11) is 0. The fourth-order valence-corrected chi connectivity index (χ4v) is 1.82. The van der Waals surface area contributed by atoms with Gasteiger partial charge in [0, 0.05) is 12.3 Å². The van der Waals surface area contributed by atoms with Gasteiger partial charge < -0.3 is 20.1 Å². The number of hydrogen-bond acceptors (Lipinski definition) is 7. The Bertz CT molecular complexity index is 594. The SMILES string of the molecule is N[C@@]1(O)[C@@H](CO)O[C@@H](n2ccc(=O)[nH]c2=O)[C@@]1(O)F. The van der Waals surface area contributed by atoms with Crippen molar-refractivity contribution in [2.24, 2.45) is 5.73 Å². The summed E-state index contributed by atoms with van der Waals surface area (Å²) in [6, 6.07) is 0.892. The van der Waals surface area contributed by atoms with Crippen LogP contribution in [0.4, 0.5) is 4.39 Å². The summed E-state index contributed by atoms with van der Waals surface area (Å²) in [5, 5.41) is 28.2. The predicted molar refractivity (Wildman–Crippen MR) is 57.5 cm³/mol. The van der Waals surface area contributed by atoms with Gasteiger partial charge in [-0.2, -0.15) is 0 Å². The van der Waals surface area contributed by atoms with E-state index in [2.05, 4.69) is 0 Å². The van der Waals surface area contributed by atoms with Gasteiger partial charge in [-0.1, -0.05) is 0 Å². The zero-order chi connectivity index (χ0) is 14.4. The number of halogens is 1. The van der Waals surface area contributed by atoms with E-state index in [1.54, 1.807) is 0 Å². The summed E-state index contributed by atoms with van der Waals surface area (Å²) < 4.78 is 19.5. The van der Waals surface area contributed by atoms with E-state index in [9.17, 15) is 24.2 Å². The molecule has 0 amide bonds. The molecule has 0 bridgehead atoms. The van der Waals surface area contributed by atoms with Crippen molar-refractivity contribution in [3.63, 3.8) is 0 Å². The first-order valence-electron chi connectivity index (χ1n) is 5.22. The van der Waals surface area contributed by atoms with Gasteiger partial charge in [-0.05, 0) is 0 Å². The third-order valence-corrected chi connectivity index (χ3v) is 2.94. The van der Waals surface area contributed by atoms with Crippen molar-refractivity contribution >= 4 is 0 Å². The summed E-state index contributed by atoms with van der Waals surface area (Å²) in [6.45, 7) is -0.881. The Balaban J connectivity index is 2.52. The molecule has 2 heterocycles. The highest BCUT2D eigenvalue weighted by molar-refractivity contribution is 5.04. The lowest BCUT2D eigenvalue weighted by Gasteiger charge is -2.30. The van der Waals surface area contributed by atoms with Crippen LogP contribution in [0.1, 0.15) is 6.23 Å². The van der Waals surface area contributed by atoms with Crippen LogP contribution in [0.15, 0.2) is 21.9 Å². The van der Waals surface area contributed by atoms with E-state index >= 15 is 0 Å². The van der Waals surface area contributed by atoms with E-state index < -0.39 is 41.8 Å². The number of aliphatic hydroxyl groups excluding tert-OH is 1. The van der Waals surface area contributed by atoms with Gasteiger partial charge in [0.15, 0.2) is 0 Å². The molecule has 1 aromatic rings. The maximum atomic E-state index is 14.1. The molecule has 0 spiro atoms. The minimum absolute atomic E-state index is 0.509. The van der Waals surface area contributed by atoms with Crippen molar-refractivity contribution < 1.29 is 24.4 Å². The molecule has 2 rings (SSSR count). The minimum Gasteiger partial charge on any atom is -0.393 e. The highest BCUT2D eigenvalue weighted by Crippen LogP contribution is 2.42. The molecular formula is C9H12FN3O6. The molecule has 0 aliphatic carbocycles. The second kappa shape index (κ2) is 4.21. The maximum absolute atomic E-state index is 14.1. The van der Waals surface area contributed by atoms with Gasteiger partial charge in [0.25, 0.3) is 11.4 Å². The van der Waals surface area contributed by atoms with Crippen LogP contribution in [0.3, 0.4) is 0 Å². The first-order chi connectivity index (χ1) is 8.71. The van der Waals surface area contributed by atoms with Gasteiger partial charge in [-0.15, -0.1) is 0 Å². The number of aliphatic hydroxyl groups is 3. The third-order valence-electron chi connectivity index (χ3n) is 2.94. The summed E-state index contributed by atoms with van der Waals surface area (Å²) >= 11 is 0. The standard InChI is InChI=1S/C9H12FN3O6/c10-8(17)6(19-4(3-14)9(8,11)18)13-2-1-5(15)12-7(13)16/h1-2,4,6,14,17-18H,3,11H2,(H,12,15,16)/t4-,6-,8+,9-/m1/s1. The highest BCUT2D eigenvalue weighted by Gasteiger charge is 2.66. The maximum Gasteiger partial charge on any atom is 0.330 e. The van der Waals surface area contributed by atoms with E-state index in [0.717, 1.165) is 12.3 Å². The van der Waals surface area contributed by atoms with E-state index in [-0.39, 0.29) is 0 Å². The molecule has 1 aliphatic rings. The number of nitrogens with one attached hydrogen (secondary N) is 1. The fraction of sp³-hybridized carbons (Fsp3) is 0.556. The normalized spacial score (nSPS) is 38.6. The van der Waals surface area contributed by atoms with Gasteiger partial charge in [0.2, 0.25) is 12.0 Å². The van der Waals surface area contributed by atoms with Gasteiger partial charge in [0.1, 0.15) is 6.10 Å². The number of aromatic nitrogens is 2. The van der Waals surface area contributed by atoms with E-state index in [1.807, 2.05) is 4.98 Å². The Morgan fingerprint density at radius 2 is 2.16 bits per heavy atom. The van der Waals surface area contributed by atoms with Crippen LogP contribution in [-0.4, -0.2) is 49.2 Å². The number of rotatable bonds is 2. The molecule has 6 N–H and O–H groups in total. The lowest BCUT2D eigenvalue weighted by Crippen LogP contribution is -2.63. The van der Waals surface area contributed by atoms with Crippen LogP contribution in [0.25, 0.3) is 0 Å². The summed E-state index contributed by atoms with van der Waals surface area (Å²) in [4.78, 5) is 24.2. The molecule has 1 aliphatic heterocycles. The Morgan fingerprint density at radius 1 is 1.53 bits per heavy atom. The number of nitrogens with two attached hydrogens (primary N) is 1. The number of hydrogen-bond donors (Lipinski definition) is 5. The third kappa shape index (κ3) is 1.89. The van der Waals surface area contributed by atoms with Crippen molar-refractivity contribution in [3.05, 3.63) is 33.1 Å². The van der Waals surface area contributed by atoms with Crippen molar-refractivity contribution in [2.75, 3.05) is 6.61 Å². The molecule has 10 heteroatoms. The molecule has 0 aromatic carbocycles. The average molecular weight is 277 g/mol. The molecule has 4 atom stereocenters. The van der Waals surface area contributed by atoms with Gasteiger partial charge in [-0.25, -0.2) is 9.18 Å². The van der Waals surface area contributed by atoms with E-state index in [0.29, 0.717) is 4.57 Å². The Hall–Kier alpha value is -1.59. The highest BCUT2D eigenvalue weighted by atomic mass is 19.2. The fourth-order valence-electron chi connectivity index (χ4n) is 1.82. The Labute approximate surface area is 104 Å². The Kier molecular flexibility index (Phi) is 3.07. The molecule has 9 nitrogen and oxygen atoms in total. The molecule has 0 saturated carbocycles. The molecule has 1 aromatic heterocycles. The van der Waals surface area contributed by atoms with Crippen molar-refractivity contribution in [2.45, 2.75) is 23.9 Å². The van der Waals surface area contributed by atoms with Gasteiger partial charge >= 0.3 is 5.69 Å². The minimum atomic E-state index is -3.54. The average Bonchev–Trinajstić information content (AvgIpc) is 2.47. The first kappa shape index (κ1) is 13.8. The van der Waals surface area contributed by atoms with Crippen molar-refractivity contribution in [1.82, 2.24) is 9.55 Å². The largest absolute Gasteiger partial charge is 0.393 e. The van der Waals surface area contributed by atoms with Crippen LogP contribution < -0.4 is 17.0 Å². The predicted octanol–water partition coefficient (Wildman–Crippen LogP) is -3.27. The molecule has 106 valence electrons. The summed E-state index contributed by atoms with van der Waals surface area (Å²) in [6.07, 6.45) is -2.79. The second-order valence-corrected chi connectivity index (χ2v) is 4.18. The monoisotopic (exact) mass is 277 g/mol. The molecule has 0 radical (unpaired) electrons. The van der Waals surface area contributed by atoms with E-state index in [4.69, 9.17) is 15.6 Å². The summed E-state index contributed by atoms with van der Waals surface area (Å²) in [5.41, 5.74) is 0.462. The number of aromatic amines is 1. The van der Waals surface area contributed by atoms with Crippen LogP contribution in [0.5, 0.6) is 0 Å². The van der Waals surface area contributed by atoms with Crippen LogP contribution in [0, 0.1) is 0 Å². The number of ether oxygens (including phenoxy) is 1. The van der Waals surface area contributed by atoms with Gasteiger partial charge in [0.05, 0.1) is 6.61 Å².